The van der Waals surface area contributed by atoms with Crippen LogP contribution in [0.1, 0.15) is 18.4 Å². The molecular weight excluding hydrogens is 312 g/mol. The summed E-state index contributed by atoms with van der Waals surface area (Å²) in [5, 5.41) is 8.36. The molecule has 1 N–H and O–H groups in total. The molecule has 1 aliphatic heterocycles. The number of aromatic nitrogens is 2. The standard InChI is InChI=1S/C17H21ClN4O/c1-21(13-14-5-2-3-6-15(14)18)16(23)17(7-10-19-11-8-17)22-12-4-9-20-22/h2-6,9,12,19H,7-8,10-11,13H2,1H3. The molecule has 122 valence electrons. The number of halogens is 1. The normalized spacial score (nSPS) is 17.0. The fraction of sp³-hybridized carbons (Fsp3) is 0.412. The van der Waals surface area contributed by atoms with Gasteiger partial charge in [0, 0.05) is 31.0 Å². The molecule has 23 heavy (non-hydrogen) atoms. The molecular formula is C17H21ClN4O. The molecule has 0 unspecified atom stereocenters. The smallest absolute Gasteiger partial charge is 0.250 e. The zero-order valence-corrected chi connectivity index (χ0v) is 14.0. The lowest BCUT2D eigenvalue weighted by molar-refractivity contribution is -0.142. The average Bonchev–Trinajstić information content (AvgIpc) is 3.12. The third kappa shape index (κ3) is 3.12. The first-order chi connectivity index (χ1) is 11.1. The van der Waals surface area contributed by atoms with Gasteiger partial charge in [0.2, 0.25) is 0 Å². The maximum atomic E-state index is 13.2. The number of rotatable bonds is 4. The lowest BCUT2D eigenvalue weighted by Crippen LogP contribution is -2.54. The lowest BCUT2D eigenvalue weighted by Gasteiger charge is -2.39. The van der Waals surface area contributed by atoms with Crippen LogP contribution < -0.4 is 5.32 Å². The molecule has 2 aromatic rings. The van der Waals surface area contributed by atoms with Crippen LogP contribution in [-0.2, 0) is 16.9 Å². The Morgan fingerprint density at radius 2 is 2.09 bits per heavy atom. The Bertz CT molecular complexity index is 665. The van der Waals surface area contributed by atoms with E-state index in [1.54, 1.807) is 11.1 Å². The first-order valence-corrected chi connectivity index (χ1v) is 8.21. The average molecular weight is 333 g/mol. The van der Waals surface area contributed by atoms with Gasteiger partial charge in [0.05, 0.1) is 0 Å². The molecule has 0 atom stereocenters. The Morgan fingerprint density at radius 1 is 1.35 bits per heavy atom. The van der Waals surface area contributed by atoms with Crippen LogP contribution in [0.2, 0.25) is 5.02 Å². The topological polar surface area (TPSA) is 50.2 Å². The van der Waals surface area contributed by atoms with Crippen molar-refractivity contribution in [2.24, 2.45) is 0 Å². The van der Waals surface area contributed by atoms with E-state index in [2.05, 4.69) is 10.4 Å². The van der Waals surface area contributed by atoms with Crippen molar-refractivity contribution in [1.82, 2.24) is 20.0 Å². The number of benzene rings is 1. The zero-order chi connectivity index (χ0) is 16.3. The summed E-state index contributed by atoms with van der Waals surface area (Å²) in [6.45, 7) is 2.12. The van der Waals surface area contributed by atoms with E-state index in [0.29, 0.717) is 11.6 Å². The van der Waals surface area contributed by atoms with E-state index >= 15 is 0 Å². The van der Waals surface area contributed by atoms with Crippen LogP contribution in [0.4, 0.5) is 0 Å². The quantitative estimate of drug-likeness (QED) is 0.934. The highest BCUT2D eigenvalue weighted by atomic mass is 35.5. The second-order valence-electron chi connectivity index (χ2n) is 5.98. The van der Waals surface area contributed by atoms with Crippen LogP contribution in [0, 0.1) is 0 Å². The molecule has 0 spiro atoms. The molecule has 1 aromatic heterocycles. The van der Waals surface area contributed by atoms with E-state index in [0.717, 1.165) is 31.5 Å². The summed E-state index contributed by atoms with van der Waals surface area (Å²) in [5.74, 6) is 0.0858. The van der Waals surface area contributed by atoms with Crippen LogP contribution in [-0.4, -0.2) is 40.7 Å². The van der Waals surface area contributed by atoms with Crippen molar-refractivity contribution >= 4 is 17.5 Å². The SMILES string of the molecule is CN(Cc1ccccc1Cl)C(=O)C1(n2cccn2)CCNCC1. The Labute approximate surface area is 141 Å². The maximum Gasteiger partial charge on any atom is 0.250 e. The summed E-state index contributed by atoms with van der Waals surface area (Å²) < 4.78 is 1.82. The molecule has 1 aliphatic rings. The van der Waals surface area contributed by atoms with Crippen molar-refractivity contribution < 1.29 is 4.79 Å². The minimum absolute atomic E-state index is 0.0858. The highest BCUT2D eigenvalue weighted by Crippen LogP contribution is 2.30. The minimum Gasteiger partial charge on any atom is -0.339 e. The molecule has 1 amide bonds. The van der Waals surface area contributed by atoms with Crippen LogP contribution >= 0.6 is 11.6 Å². The molecule has 0 bridgehead atoms. The van der Waals surface area contributed by atoms with Gasteiger partial charge in [-0.1, -0.05) is 29.8 Å². The number of carbonyl (C=O) groups is 1. The van der Waals surface area contributed by atoms with Crippen molar-refractivity contribution in [3.05, 3.63) is 53.3 Å². The van der Waals surface area contributed by atoms with E-state index in [1.807, 2.05) is 48.3 Å². The molecule has 0 aliphatic carbocycles. The Balaban J connectivity index is 1.85. The summed E-state index contributed by atoms with van der Waals surface area (Å²) in [4.78, 5) is 15.0. The number of likely N-dealkylation sites (N-methyl/N-ethyl adjacent to an activating group) is 1. The van der Waals surface area contributed by atoms with Gasteiger partial charge in [-0.05, 0) is 43.6 Å². The number of carbonyl (C=O) groups excluding carboxylic acids is 1. The first kappa shape index (κ1) is 16.0. The van der Waals surface area contributed by atoms with Gasteiger partial charge >= 0.3 is 0 Å². The number of nitrogens with zero attached hydrogens (tertiary/aromatic N) is 3. The van der Waals surface area contributed by atoms with E-state index in [9.17, 15) is 4.79 Å². The van der Waals surface area contributed by atoms with Gasteiger partial charge in [-0.15, -0.1) is 0 Å². The van der Waals surface area contributed by atoms with Gasteiger partial charge in [-0.25, -0.2) is 0 Å². The van der Waals surface area contributed by atoms with Crippen molar-refractivity contribution in [3.8, 4) is 0 Å². The molecule has 1 fully saturated rings. The number of hydrogen-bond acceptors (Lipinski definition) is 3. The van der Waals surface area contributed by atoms with E-state index in [4.69, 9.17) is 11.6 Å². The van der Waals surface area contributed by atoms with Gasteiger partial charge in [0.25, 0.3) is 5.91 Å². The molecule has 3 rings (SSSR count). The summed E-state index contributed by atoms with van der Waals surface area (Å²) in [6, 6.07) is 9.50. The number of amides is 1. The number of piperidine rings is 1. The van der Waals surface area contributed by atoms with E-state index in [-0.39, 0.29) is 5.91 Å². The molecule has 0 radical (unpaired) electrons. The van der Waals surface area contributed by atoms with Crippen LogP contribution in [0.5, 0.6) is 0 Å². The molecule has 6 heteroatoms. The van der Waals surface area contributed by atoms with Crippen LogP contribution in [0.15, 0.2) is 42.7 Å². The van der Waals surface area contributed by atoms with Gasteiger partial charge in [-0.3, -0.25) is 9.48 Å². The second-order valence-corrected chi connectivity index (χ2v) is 6.39. The molecule has 0 saturated carbocycles. The largest absolute Gasteiger partial charge is 0.339 e. The monoisotopic (exact) mass is 332 g/mol. The highest BCUT2D eigenvalue weighted by Gasteiger charge is 2.43. The van der Waals surface area contributed by atoms with Gasteiger partial charge < -0.3 is 10.2 Å². The van der Waals surface area contributed by atoms with Crippen molar-refractivity contribution in [1.29, 1.82) is 0 Å². The molecule has 1 saturated heterocycles. The second kappa shape index (κ2) is 6.72. The highest BCUT2D eigenvalue weighted by molar-refractivity contribution is 6.31. The summed E-state index contributed by atoms with van der Waals surface area (Å²) in [7, 11) is 1.83. The maximum absolute atomic E-state index is 13.2. The van der Waals surface area contributed by atoms with E-state index in [1.165, 1.54) is 0 Å². The van der Waals surface area contributed by atoms with Gasteiger partial charge in [0.15, 0.2) is 0 Å². The first-order valence-electron chi connectivity index (χ1n) is 7.83. The Morgan fingerprint density at radius 3 is 2.74 bits per heavy atom. The van der Waals surface area contributed by atoms with Gasteiger partial charge in [-0.2, -0.15) is 5.10 Å². The summed E-state index contributed by atoms with van der Waals surface area (Å²) >= 11 is 6.23. The van der Waals surface area contributed by atoms with Crippen molar-refractivity contribution in [2.45, 2.75) is 24.9 Å². The summed E-state index contributed by atoms with van der Waals surface area (Å²) in [6.07, 6.45) is 5.08. The molecule has 5 nitrogen and oxygen atoms in total. The van der Waals surface area contributed by atoms with Gasteiger partial charge in [0.1, 0.15) is 5.54 Å². The summed E-state index contributed by atoms with van der Waals surface area (Å²) in [5.41, 5.74) is 0.347. The fourth-order valence-electron chi connectivity index (χ4n) is 3.21. The Hall–Kier alpha value is -1.85. The molecule has 1 aromatic carbocycles. The minimum atomic E-state index is -0.606. The Kier molecular flexibility index (Phi) is 4.68. The lowest BCUT2D eigenvalue weighted by atomic mass is 9.86. The number of nitrogens with one attached hydrogen (secondary N) is 1. The van der Waals surface area contributed by atoms with Crippen molar-refractivity contribution in [3.63, 3.8) is 0 Å². The fourth-order valence-corrected chi connectivity index (χ4v) is 3.41. The van der Waals surface area contributed by atoms with Crippen LogP contribution in [0.3, 0.4) is 0 Å². The van der Waals surface area contributed by atoms with Crippen molar-refractivity contribution in [2.75, 3.05) is 20.1 Å². The third-order valence-electron chi connectivity index (χ3n) is 4.48. The number of hydrogen-bond donors (Lipinski definition) is 1. The zero-order valence-electron chi connectivity index (χ0n) is 13.2. The predicted octanol–water partition coefficient (Wildman–Crippen LogP) is 2.27. The van der Waals surface area contributed by atoms with Crippen LogP contribution in [0.25, 0.3) is 0 Å². The van der Waals surface area contributed by atoms with E-state index < -0.39 is 5.54 Å². The molecule has 2 heterocycles. The predicted molar refractivity (Wildman–Crippen MR) is 90.2 cm³/mol. The third-order valence-corrected chi connectivity index (χ3v) is 4.85.